The van der Waals surface area contributed by atoms with Crippen molar-refractivity contribution in [3.63, 3.8) is 0 Å². The Morgan fingerprint density at radius 2 is 0.974 bits per heavy atom. The smallest absolute Gasteiger partial charge is 0.313 e. The van der Waals surface area contributed by atoms with Crippen LogP contribution in [0.15, 0.2) is 84.9 Å². The van der Waals surface area contributed by atoms with Crippen LogP contribution in [0.2, 0.25) is 0 Å². The maximum atomic E-state index is 12.6. The molecule has 4 aromatic rings. The number of carbonyl (C=O) groups excluding carboxylic acids is 3. The van der Waals surface area contributed by atoms with E-state index in [0.717, 1.165) is 32.7 Å². The van der Waals surface area contributed by atoms with Crippen LogP contribution in [0.1, 0.15) is 62.5 Å². The summed E-state index contributed by atoms with van der Waals surface area (Å²) in [5, 5.41) is 4.26. The Hall–Kier alpha value is -3.99. The summed E-state index contributed by atoms with van der Waals surface area (Å²) < 4.78 is 10.9. The fraction of sp³-hybridized carbons (Fsp3) is 0.303. The van der Waals surface area contributed by atoms with E-state index in [0.29, 0.717) is 25.7 Å². The van der Waals surface area contributed by atoms with Crippen molar-refractivity contribution < 1.29 is 23.9 Å². The van der Waals surface area contributed by atoms with E-state index in [9.17, 15) is 14.4 Å². The normalized spacial score (nSPS) is 12.7. The Kier molecular flexibility index (Phi) is 9.26. The fourth-order valence-corrected chi connectivity index (χ4v) is 4.77. The van der Waals surface area contributed by atoms with Gasteiger partial charge in [-0.25, -0.2) is 0 Å². The van der Waals surface area contributed by atoms with Gasteiger partial charge in [0.2, 0.25) is 0 Å². The molecule has 0 saturated heterocycles. The number of Topliss-reactive ketones (excluding diaryl/α,β-unsaturated/α-hetero) is 1. The molecule has 0 aliphatic carbocycles. The minimum absolute atomic E-state index is 0.0706. The lowest BCUT2D eigenvalue weighted by atomic mass is 9.95. The first-order chi connectivity index (χ1) is 18.5. The van der Waals surface area contributed by atoms with Crippen LogP contribution in [-0.4, -0.2) is 30.9 Å². The van der Waals surface area contributed by atoms with Crippen molar-refractivity contribution in [2.24, 2.45) is 0 Å². The lowest BCUT2D eigenvalue weighted by Gasteiger charge is -2.14. The Morgan fingerprint density at radius 1 is 0.579 bits per heavy atom. The zero-order valence-corrected chi connectivity index (χ0v) is 22.0. The van der Waals surface area contributed by atoms with E-state index in [4.69, 9.17) is 9.47 Å². The molecule has 38 heavy (non-hydrogen) atoms. The Balaban J connectivity index is 1.14. The van der Waals surface area contributed by atoms with Crippen LogP contribution in [0.5, 0.6) is 0 Å². The van der Waals surface area contributed by atoms with Gasteiger partial charge >= 0.3 is 11.9 Å². The Bertz CT molecular complexity index is 1310. The molecule has 5 nitrogen and oxygen atoms in total. The molecule has 0 bridgehead atoms. The monoisotopic (exact) mass is 510 g/mol. The molecule has 196 valence electrons. The largest absolute Gasteiger partial charge is 0.465 e. The molecule has 0 heterocycles. The third-order valence-electron chi connectivity index (χ3n) is 6.98. The summed E-state index contributed by atoms with van der Waals surface area (Å²) in [4.78, 5) is 37.4. The molecule has 2 atom stereocenters. The minimum Gasteiger partial charge on any atom is -0.465 e. The number of fused-ring (bicyclic) bond motifs is 2. The standard InChI is InChI=1S/C33H34O5/c1-23(28-19-7-13-25-11-3-5-17-30(25)28)32(35)37-21-9-15-27(34)16-10-22-38-33(36)24(2)29-20-8-14-26-12-4-6-18-31(26)29/h3-8,11-14,17-20,23-24H,9-10,15-16,21-22H2,1-2H3. The third-order valence-corrected chi connectivity index (χ3v) is 6.98. The maximum absolute atomic E-state index is 12.6. The van der Waals surface area contributed by atoms with Gasteiger partial charge in [-0.1, -0.05) is 84.9 Å². The molecule has 0 saturated carbocycles. The zero-order chi connectivity index (χ0) is 26.9. The second kappa shape index (κ2) is 13.0. The van der Waals surface area contributed by atoms with Gasteiger partial charge in [-0.3, -0.25) is 14.4 Å². The van der Waals surface area contributed by atoms with Gasteiger partial charge in [-0.05, 0) is 59.4 Å². The van der Waals surface area contributed by atoms with E-state index in [-0.39, 0.29) is 42.8 Å². The molecule has 0 fully saturated rings. The zero-order valence-electron chi connectivity index (χ0n) is 22.0. The van der Waals surface area contributed by atoms with Gasteiger partial charge in [0.15, 0.2) is 0 Å². The number of ketones is 1. The van der Waals surface area contributed by atoms with E-state index in [1.165, 1.54) is 0 Å². The molecule has 0 aliphatic heterocycles. The van der Waals surface area contributed by atoms with Gasteiger partial charge < -0.3 is 9.47 Å². The highest BCUT2D eigenvalue weighted by Gasteiger charge is 2.20. The number of ether oxygens (including phenoxy) is 2. The number of rotatable bonds is 12. The summed E-state index contributed by atoms with van der Waals surface area (Å²) in [6, 6.07) is 27.8. The topological polar surface area (TPSA) is 69.7 Å². The number of carbonyl (C=O) groups is 3. The van der Waals surface area contributed by atoms with Crippen LogP contribution in [0, 0.1) is 0 Å². The summed E-state index contributed by atoms with van der Waals surface area (Å²) >= 11 is 0. The predicted molar refractivity (Wildman–Crippen MR) is 150 cm³/mol. The van der Waals surface area contributed by atoms with Crippen LogP contribution >= 0.6 is 0 Å². The van der Waals surface area contributed by atoms with Gasteiger partial charge in [-0.15, -0.1) is 0 Å². The van der Waals surface area contributed by atoms with Crippen LogP contribution in [0.25, 0.3) is 21.5 Å². The Labute approximate surface area is 223 Å². The van der Waals surface area contributed by atoms with Crippen LogP contribution in [0.3, 0.4) is 0 Å². The number of hydrogen-bond acceptors (Lipinski definition) is 5. The van der Waals surface area contributed by atoms with Crippen molar-refractivity contribution in [3.05, 3.63) is 96.1 Å². The molecular formula is C33H34O5. The van der Waals surface area contributed by atoms with E-state index in [1.807, 2.05) is 98.8 Å². The van der Waals surface area contributed by atoms with E-state index >= 15 is 0 Å². The van der Waals surface area contributed by atoms with Gasteiger partial charge in [0.1, 0.15) is 5.78 Å². The quantitative estimate of drug-likeness (QED) is 0.150. The van der Waals surface area contributed by atoms with E-state index < -0.39 is 0 Å². The molecule has 0 N–H and O–H groups in total. The van der Waals surface area contributed by atoms with Crippen LogP contribution in [0.4, 0.5) is 0 Å². The molecule has 0 amide bonds. The molecule has 0 radical (unpaired) electrons. The lowest BCUT2D eigenvalue weighted by Crippen LogP contribution is -2.15. The summed E-state index contributed by atoms with van der Waals surface area (Å²) in [6.07, 6.45) is 1.61. The Morgan fingerprint density at radius 3 is 1.42 bits per heavy atom. The third kappa shape index (κ3) is 6.65. The fourth-order valence-electron chi connectivity index (χ4n) is 4.77. The highest BCUT2D eigenvalue weighted by atomic mass is 16.5. The summed E-state index contributed by atoms with van der Waals surface area (Å²) in [5.41, 5.74) is 1.88. The summed E-state index contributed by atoms with van der Waals surface area (Å²) in [6.45, 7) is 4.10. The SMILES string of the molecule is CC(C(=O)OCCCC(=O)CCCOC(=O)C(C)c1cccc2ccccc12)c1cccc2ccccc12. The summed E-state index contributed by atoms with van der Waals surface area (Å²) in [7, 11) is 0. The molecule has 5 heteroatoms. The predicted octanol–water partition coefficient (Wildman–Crippen LogP) is 7.12. The van der Waals surface area contributed by atoms with Crippen molar-refractivity contribution in [2.75, 3.05) is 13.2 Å². The maximum Gasteiger partial charge on any atom is 0.313 e. The average molecular weight is 511 g/mol. The molecular weight excluding hydrogens is 476 g/mol. The molecule has 0 spiro atoms. The highest BCUT2D eigenvalue weighted by Crippen LogP contribution is 2.27. The van der Waals surface area contributed by atoms with E-state index in [2.05, 4.69) is 0 Å². The average Bonchev–Trinajstić information content (AvgIpc) is 2.95. The first-order valence-corrected chi connectivity index (χ1v) is 13.3. The van der Waals surface area contributed by atoms with E-state index in [1.54, 1.807) is 0 Å². The van der Waals surface area contributed by atoms with Gasteiger partial charge in [0.05, 0.1) is 25.0 Å². The van der Waals surface area contributed by atoms with Crippen molar-refractivity contribution in [1.82, 2.24) is 0 Å². The van der Waals surface area contributed by atoms with Crippen molar-refractivity contribution in [3.8, 4) is 0 Å². The van der Waals surface area contributed by atoms with Crippen molar-refractivity contribution in [2.45, 2.75) is 51.4 Å². The summed E-state index contributed by atoms with van der Waals surface area (Å²) in [5.74, 6) is -1.28. The molecule has 4 rings (SSSR count). The molecule has 4 aromatic carbocycles. The number of benzene rings is 4. The van der Waals surface area contributed by atoms with Gasteiger partial charge in [-0.2, -0.15) is 0 Å². The van der Waals surface area contributed by atoms with Crippen LogP contribution in [-0.2, 0) is 23.9 Å². The second-order valence-electron chi connectivity index (χ2n) is 9.66. The minimum atomic E-state index is -0.386. The van der Waals surface area contributed by atoms with Crippen molar-refractivity contribution >= 4 is 39.3 Å². The van der Waals surface area contributed by atoms with Crippen molar-refractivity contribution in [1.29, 1.82) is 0 Å². The van der Waals surface area contributed by atoms with Gasteiger partial charge in [0, 0.05) is 12.8 Å². The first-order valence-electron chi connectivity index (χ1n) is 13.3. The van der Waals surface area contributed by atoms with Gasteiger partial charge in [0.25, 0.3) is 0 Å². The number of hydrogen-bond donors (Lipinski definition) is 0. The lowest BCUT2D eigenvalue weighted by molar-refractivity contribution is -0.145. The highest BCUT2D eigenvalue weighted by molar-refractivity contribution is 5.92. The first kappa shape index (κ1) is 27.1. The van der Waals surface area contributed by atoms with Crippen LogP contribution < -0.4 is 0 Å². The second-order valence-corrected chi connectivity index (χ2v) is 9.66. The number of esters is 2. The molecule has 0 aliphatic rings. The molecule has 2 unspecified atom stereocenters. The molecule has 0 aromatic heterocycles.